The normalized spacial score (nSPS) is 10.7. The summed E-state index contributed by atoms with van der Waals surface area (Å²) in [5.74, 6) is -1.41. The van der Waals surface area contributed by atoms with Gasteiger partial charge in [-0.05, 0) is 39.0 Å². The number of nitrogens with one attached hydrogen (secondary N) is 2. The molecule has 7 nitrogen and oxygen atoms in total. The summed E-state index contributed by atoms with van der Waals surface area (Å²) in [5.41, 5.74) is 3.58. The van der Waals surface area contributed by atoms with E-state index in [1.54, 1.807) is 20.8 Å². The van der Waals surface area contributed by atoms with E-state index >= 15 is 0 Å². The second-order valence-corrected chi connectivity index (χ2v) is 4.78. The molecule has 0 spiro atoms. The molecule has 0 fully saturated rings. The van der Waals surface area contributed by atoms with Gasteiger partial charge in [0.15, 0.2) is 11.5 Å². The Bertz CT molecular complexity index is 493. The summed E-state index contributed by atoms with van der Waals surface area (Å²) in [5, 5.41) is 18.3. The molecular weight excluding hydrogens is 252 g/mol. The van der Waals surface area contributed by atoms with Crippen LogP contribution in [0.4, 0.5) is 4.79 Å². The third-order valence-corrected chi connectivity index (χ3v) is 1.91. The maximum absolute atomic E-state index is 11.6. The molecule has 0 unspecified atom stereocenters. The van der Waals surface area contributed by atoms with Crippen molar-refractivity contribution in [1.29, 1.82) is 0 Å². The Kier molecular flexibility index (Phi) is 4.21. The monoisotopic (exact) mass is 268 g/mol. The highest BCUT2D eigenvalue weighted by Crippen LogP contribution is 2.24. The summed E-state index contributed by atoms with van der Waals surface area (Å²) in [6.07, 6.45) is -0.802. The fraction of sp³-hybridized carbons (Fsp3) is 0.333. The third-order valence-electron chi connectivity index (χ3n) is 1.91. The van der Waals surface area contributed by atoms with Gasteiger partial charge in [0.25, 0.3) is 5.91 Å². The van der Waals surface area contributed by atoms with Crippen LogP contribution in [0.2, 0.25) is 0 Å². The fourth-order valence-electron chi connectivity index (χ4n) is 1.15. The van der Waals surface area contributed by atoms with Gasteiger partial charge in [0, 0.05) is 5.56 Å². The van der Waals surface area contributed by atoms with E-state index < -0.39 is 23.4 Å². The molecule has 0 heterocycles. The lowest BCUT2D eigenvalue weighted by molar-refractivity contribution is 0.0483. The lowest BCUT2D eigenvalue weighted by atomic mass is 10.2. The van der Waals surface area contributed by atoms with Crippen molar-refractivity contribution >= 4 is 12.0 Å². The van der Waals surface area contributed by atoms with Crippen LogP contribution in [0, 0.1) is 0 Å². The molecular formula is C12H16N2O5. The number of ether oxygens (including phenoxy) is 1. The molecule has 2 amide bonds. The highest BCUT2D eigenvalue weighted by atomic mass is 16.6. The number of hydrogen-bond donors (Lipinski definition) is 4. The Hall–Kier alpha value is -2.44. The molecule has 19 heavy (non-hydrogen) atoms. The van der Waals surface area contributed by atoms with Gasteiger partial charge in [-0.1, -0.05) is 0 Å². The molecule has 7 heteroatoms. The zero-order valence-corrected chi connectivity index (χ0v) is 10.9. The van der Waals surface area contributed by atoms with Gasteiger partial charge in [0.2, 0.25) is 0 Å². The van der Waals surface area contributed by atoms with Crippen molar-refractivity contribution < 1.29 is 24.5 Å². The van der Waals surface area contributed by atoms with Crippen molar-refractivity contribution in [2.75, 3.05) is 0 Å². The van der Waals surface area contributed by atoms with Crippen LogP contribution < -0.4 is 10.9 Å². The van der Waals surface area contributed by atoms with Gasteiger partial charge in [-0.2, -0.15) is 0 Å². The Morgan fingerprint density at radius 2 is 1.74 bits per heavy atom. The van der Waals surface area contributed by atoms with Crippen LogP contribution in [-0.4, -0.2) is 27.8 Å². The molecule has 0 radical (unpaired) electrons. The van der Waals surface area contributed by atoms with Gasteiger partial charge in [-0.15, -0.1) is 0 Å². The molecule has 0 aromatic heterocycles. The van der Waals surface area contributed by atoms with Gasteiger partial charge in [0.05, 0.1) is 0 Å². The highest BCUT2D eigenvalue weighted by molar-refractivity contribution is 5.95. The van der Waals surface area contributed by atoms with Crippen molar-refractivity contribution in [3.63, 3.8) is 0 Å². The number of aromatic hydroxyl groups is 2. The first-order chi connectivity index (χ1) is 8.69. The first kappa shape index (κ1) is 14.6. The smallest absolute Gasteiger partial charge is 0.426 e. The van der Waals surface area contributed by atoms with Gasteiger partial charge in [0.1, 0.15) is 5.60 Å². The SMILES string of the molecule is CC(C)(C)OC(=O)NNC(=O)c1ccc(O)c(O)c1. The first-order valence-electron chi connectivity index (χ1n) is 5.50. The number of carbonyl (C=O) groups excluding carboxylic acids is 2. The molecule has 1 rings (SSSR count). The molecule has 104 valence electrons. The molecule has 4 N–H and O–H groups in total. The summed E-state index contributed by atoms with van der Waals surface area (Å²) in [4.78, 5) is 22.9. The Labute approximate surface area is 110 Å². The summed E-state index contributed by atoms with van der Waals surface area (Å²) in [6, 6.07) is 3.53. The standard InChI is InChI=1S/C12H16N2O5/c1-12(2,3)19-11(18)14-13-10(17)7-4-5-8(15)9(16)6-7/h4-6,15-16H,1-3H3,(H,13,17)(H,14,18). The Balaban J connectivity index is 2.56. The maximum atomic E-state index is 11.6. The number of hydrazine groups is 1. The molecule has 0 saturated carbocycles. The Morgan fingerprint density at radius 1 is 1.11 bits per heavy atom. The predicted octanol–water partition coefficient (Wildman–Crippen LogP) is 1.27. The second kappa shape index (κ2) is 5.47. The second-order valence-electron chi connectivity index (χ2n) is 4.78. The van der Waals surface area contributed by atoms with Crippen LogP contribution in [-0.2, 0) is 4.74 Å². The predicted molar refractivity (Wildman–Crippen MR) is 66.6 cm³/mol. The number of benzene rings is 1. The van der Waals surface area contributed by atoms with Crippen LogP contribution >= 0.6 is 0 Å². The molecule has 0 aliphatic carbocycles. The summed E-state index contributed by atoms with van der Waals surface area (Å²) >= 11 is 0. The maximum Gasteiger partial charge on any atom is 0.426 e. The molecule has 1 aromatic rings. The van der Waals surface area contributed by atoms with Gasteiger partial charge in [-0.3, -0.25) is 10.2 Å². The molecule has 0 aliphatic rings. The number of carbonyl (C=O) groups is 2. The van der Waals surface area contributed by atoms with Gasteiger partial charge in [-0.25, -0.2) is 10.2 Å². The minimum atomic E-state index is -0.802. The van der Waals surface area contributed by atoms with Crippen LogP contribution in [0.1, 0.15) is 31.1 Å². The molecule has 0 atom stereocenters. The summed E-state index contributed by atoms with van der Waals surface area (Å²) in [7, 11) is 0. The third kappa shape index (κ3) is 4.74. The van der Waals surface area contributed by atoms with E-state index in [1.165, 1.54) is 6.07 Å². The average Bonchev–Trinajstić information content (AvgIpc) is 2.27. The summed E-state index contributed by atoms with van der Waals surface area (Å²) in [6.45, 7) is 5.06. The topological polar surface area (TPSA) is 108 Å². The van der Waals surface area contributed by atoms with E-state index in [0.29, 0.717) is 0 Å². The van der Waals surface area contributed by atoms with Crippen molar-refractivity contribution in [2.24, 2.45) is 0 Å². The van der Waals surface area contributed by atoms with E-state index in [1.807, 2.05) is 0 Å². The fourth-order valence-corrected chi connectivity index (χ4v) is 1.15. The van der Waals surface area contributed by atoms with Crippen LogP contribution in [0.3, 0.4) is 0 Å². The zero-order valence-electron chi connectivity index (χ0n) is 10.9. The van der Waals surface area contributed by atoms with Crippen molar-refractivity contribution in [1.82, 2.24) is 10.9 Å². The summed E-state index contributed by atoms with van der Waals surface area (Å²) < 4.78 is 4.91. The minimum absolute atomic E-state index is 0.0753. The average molecular weight is 268 g/mol. The molecule has 0 aliphatic heterocycles. The molecule has 0 saturated heterocycles. The quantitative estimate of drug-likeness (QED) is 0.453. The van der Waals surface area contributed by atoms with E-state index in [2.05, 4.69) is 10.9 Å². The van der Waals surface area contributed by atoms with E-state index in [9.17, 15) is 14.7 Å². The van der Waals surface area contributed by atoms with Crippen LogP contribution in [0.25, 0.3) is 0 Å². The van der Waals surface area contributed by atoms with Crippen molar-refractivity contribution in [2.45, 2.75) is 26.4 Å². The van der Waals surface area contributed by atoms with E-state index in [0.717, 1.165) is 12.1 Å². The lowest BCUT2D eigenvalue weighted by Crippen LogP contribution is -2.44. The van der Waals surface area contributed by atoms with E-state index in [4.69, 9.17) is 9.84 Å². The molecule has 1 aromatic carbocycles. The van der Waals surface area contributed by atoms with Crippen molar-refractivity contribution in [3.05, 3.63) is 23.8 Å². The minimum Gasteiger partial charge on any atom is -0.504 e. The lowest BCUT2D eigenvalue weighted by Gasteiger charge is -2.19. The number of rotatable bonds is 1. The number of amides is 2. The number of phenols is 2. The van der Waals surface area contributed by atoms with Crippen molar-refractivity contribution in [3.8, 4) is 11.5 Å². The largest absolute Gasteiger partial charge is 0.504 e. The Morgan fingerprint density at radius 3 is 2.26 bits per heavy atom. The van der Waals surface area contributed by atoms with Crippen LogP contribution in [0.5, 0.6) is 11.5 Å². The first-order valence-corrected chi connectivity index (χ1v) is 5.50. The van der Waals surface area contributed by atoms with Gasteiger partial charge >= 0.3 is 6.09 Å². The number of phenolic OH excluding ortho intramolecular Hbond substituents is 2. The van der Waals surface area contributed by atoms with E-state index in [-0.39, 0.29) is 11.3 Å². The highest BCUT2D eigenvalue weighted by Gasteiger charge is 2.17. The zero-order chi connectivity index (χ0) is 14.6. The molecule has 0 bridgehead atoms. The van der Waals surface area contributed by atoms with Gasteiger partial charge < -0.3 is 14.9 Å². The van der Waals surface area contributed by atoms with Crippen LogP contribution in [0.15, 0.2) is 18.2 Å². The number of hydrogen-bond acceptors (Lipinski definition) is 5.